The first-order valence-corrected chi connectivity index (χ1v) is 7.34. The minimum atomic E-state index is -1.51. The van der Waals surface area contributed by atoms with Crippen LogP contribution in [0.3, 0.4) is 0 Å². The van der Waals surface area contributed by atoms with Crippen molar-refractivity contribution in [2.75, 3.05) is 11.9 Å². The molecule has 1 rings (SSSR count). The molecule has 116 valence electrons. The van der Waals surface area contributed by atoms with Gasteiger partial charge in [-0.25, -0.2) is 4.79 Å². The molecule has 0 aliphatic heterocycles. The second kappa shape index (κ2) is 9.00. The molecular formula is C16H23NO4. The van der Waals surface area contributed by atoms with E-state index in [-0.39, 0.29) is 0 Å². The summed E-state index contributed by atoms with van der Waals surface area (Å²) in [5.74, 6) is -1.61. The maximum atomic E-state index is 11.2. The lowest BCUT2D eigenvalue weighted by Gasteiger charge is -2.17. The van der Waals surface area contributed by atoms with E-state index >= 15 is 0 Å². The number of hydrogen-bond acceptors (Lipinski definition) is 3. The third-order valence-electron chi connectivity index (χ3n) is 3.35. The van der Waals surface area contributed by atoms with Crippen LogP contribution in [-0.2, 0) is 9.59 Å². The molecule has 1 unspecified atom stereocenters. The van der Waals surface area contributed by atoms with Gasteiger partial charge in [-0.1, -0.05) is 45.2 Å². The number of anilines is 1. The Hall–Kier alpha value is -2.04. The van der Waals surface area contributed by atoms with E-state index in [1.807, 2.05) is 0 Å². The molecule has 1 aromatic carbocycles. The van der Waals surface area contributed by atoms with E-state index in [1.165, 1.54) is 6.42 Å². The first kappa shape index (κ1) is 17.0. The van der Waals surface area contributed by atoms with Gasteiger partial charge in [-0.15, -0.1) is 0 Å². The molecule has 0 aliphatic carbocycles. The van der Waals surface area contributed by atoms with Crippen LogP contribution >= 0.6 is 0 Å². The van der Waals surface area contributed by atoms with Gasteiger partial charge in [0.1, 0.15) is 5.75 Å². The molecule has 0 fully saturated rings. The van der Waals surface area contributed by atoms with Gasteiger partial charge < -0.3 is 15.2 Å². The topological polar surface area (TPSA) is 75.6 Å². The molecule has 1 amide bonds. The monoisotopic (exact) mass is 293 g/mol. The number of unbranched alkanes of at least 4 members (excludes halogenated alkanes) is 1. The van der Waals surface area contributed by atoms with Gasteiger partial charge in [0.05, 0.1) is 12.3 Å². The van der Waals surface area contributed by atoms with Crippen molar-refractivity contribution in [3.63, 3.8) is 0 Å². The number of hydrogen-bond donors (Lipinski definition) is 2. The van der Waals surface area contributed by atoms with Gasteiger partial charge in [-0.05, 0) is 24.5 Å². The summed E-state index contributed by atoms with van der Waals surface area (Å²) in [7, 11) is 0. The van der Waals surface area contributed by atoms with Crippen molar-refractivity contribution in [2.24, 2.45) is 5.92 Å². The summed E-state index contributed by atoms with van der Waals surface area (Å²) in [6.07, 6.45) is 4.46. The van der Waals surface area contributed by atoms with Gasteiger partial charge >= 0.3 is 11.9 Å². The lowest BCUT2D eigenvalue weighted by Crippen LogP contribution is -2.22. The Morgan fingerprint density at radius 2 is 2.00 bits per heavy atom. The summed E-state index contributed by atoms with van der Waals surface area (Å²) in [6, 6.07) is 6.87. The van der Waals surface area contributed by atoms with Gasteiger partial charge in [0, 0.05) is 0 Å². The van der Waals surface area contributed by atoms with E-state index in [2.05, 4.69) is 19.2 Å². The summed E-state index contributed by atoms with van der Waals surface area (Å²) in [5, 5.41) is 11.0. The molecule has 1 aromatic rings. The molecule has 2 N–H and O–H groups in total. The summed E-state index contributed by atoms with van der Waals surface area (Å²) >= 11 is 0. The molecular weight excluding hydrogens is 270 g/mol. The van der Waals surface area contributed by atoms with E-state index in [0.717, 1.165) is 19.3 Å². The highest BCUT2D eigenvalue weighted by molar-refractivity contribution is 6.36. The van der Waals surface area contributed by atoms with Crippen molar-refractivity contribution >= 4 is 17.6 Å². The Morgan fingerprint density at radius 1 is 1.29 bits per heavy atom. The Kier molecular flexibility index (Phi) is 7.29. The van der Waals surface area contributed by atoms with Crippen LogP contribution in [0.2, 0.25) is 0 Å². The molecule has 0 saturated heterocycles. The number of rotatable bonds is 8. The number of carbonyl (C=O) groups excluding carboxylic acids is 1. The first-order chi connectivity index (χ1) is 10.1. The Labute approximate surface area is 125 Å². The molecule has 0 heterocycles. The number of ether oxygens (including phenoxy) is 1. The zero-order chi connectivity index (χ0) is 15.7. The fraction of sp³-hybridized carbons (Fsp3) is 0.500. The van der Waals surface area contributed by atoms with Crippen molar-refractivity contribution in [1.82, 2.24) is 0 Å². The minimum absolute atomic E-state index is 0.384. The molecule has 0 spiro atoms. The third-order valence-corrected chi connectivity index (χ3v) is 3.35. The van der Waals surface area contributed by atoms with E-state index in [4.69, 9.17) is 9.84 Å². The fourth-order valence-electron chi connectivity index (χ4n) is 1.98. The highest BCUT2D eigenvalue weighted by Gasteiger charge is 2.14. The number of carboxylic acids is 1. The number of amides is 1. The van der Waals surface area contributed by atoms with Crippen LogP contribution in [0.15, 0.2) is 24.3 Å². The molecule has 1 atom stereocenters. The van der Waals surface area contributed by atoms with E-state index in [1.54, 1.807) is 24.3 Å². The second-order valence-corrected chi connectivity index (χ2v) is 4.98. The van der Waals surface area contributed by atoms with Crippen molar-refractivity contribution < 1.29 is 19.4 Å². The van der Waals surface area contributed by atoms with E-state index in [9.17, 15) is 9.59 Å². The van der Waals surface area contributed by atoms with Gasteiger partial charge in [-0.3, -0.25) is 4.79 Å². The average Bonchev–Trinajstić information content (AvgIpc) is 2.48. The normalized spacial score (nSPS) is 11.7. The number of aliphatic carboxylic acids is 1. The fourth-order valence-corrected chi connectivity index (χ4v) is 1.98. The van der Waals surface area contributed by atoms with Crippen LogP contribution in [0.4, 0.5) is 5.69 Å². The Bertz CT molecular complexity index is 473. The lowest BCUT2D eigenvalue weighted by molar-refractivity contribution is -0.147. The van der Waals surface area contributed by atoms with Gasteiger partial charge in [0.15, 0.2) is 0 Å². The number of carbonyl (C=O) groups is 2. The maximum absolute atomic E-state index is 11.2. The van der Waals surface area contributed by atoms with E-state index in [0.29, 0.717) is 24.0 Å². The van der Waals surface area contributed by atoms with Crippen LogP contribution in [0, 0.1) is 5.92 Å². The molecule has 0 aromatic heterocycles. The average molecular weight is 293 g/mol. The number of benzene rings is 1. The minimum Gasteiger partial charge on any atom is -0.491 e. The largest absolute Gasteiger partial charge is 0.491 e. The van der Waals surface area contributed by atoms with Crippen molar-refractivity contribution in [3.8, 4) is 5.75 Å². The Morgan fingerprint density at radius 3 is 2.62 bits per heavy atom. The van der Waals surface area contributed by atoms with Crippen LogP contribution in [-0.4, -0.2) is 23.6 Å². The third kappa shape index (κ3) is 5.85. The van der Waals surface area contributed by atoms with Crippen molar-refractivity contribution in [1.29, 1.82) is 0 Å². The summed E-state index contributed by atoms with van der Waals surface area (Å²) in [6.45, 7) is 4.85. The molecule has 0 bridgehead atoms. The summed E-state index contributed by atoms with van der Waals surface area (Å²) in [5.41, 5.74) is 0.384. The van der Waals surface area contributed by atoms with Gasteiger partial charge in [0.2, 0.25) is 0 Å². The predicted molar refractivity (Wildman–Crippen MR) is 81.5 cm³/mol. The highest BCUT2D eigenvalue weighted by Crippen LogP contribution is 2.25. The quantitative estimate of drug-likeness (QED) is 0.721. The molecule has 0 saturated carbocycles. The van der Waals surface area contributed by atoms with Gasteiger partial charge in [0.25, 0.3) is 0 Å². The molecule has 21 heavy (non-hydrogen) atoms. The predicted octanol–water partition coefficient (Wildman–Crippen LogP) is 3.30. The Balaban J connectivity index is 2.66. The van der Waals surface area contributed by atoms with Crippen LogP contribution in [0.1, 0.15) is 39.5 Å². The second-order valence-electron chi connectivity index (χ2n) is 4.98. The number of carboxylic acid groups (broad SMARTS) is 1. The lowest BCUT2D eigenvalue weighted by atomic mass is 10.0. The van der Waals surface area contributed by atoms with E-state index < -0.39 is 11.9 Å². The highest BCUT2D eigenvalue weighted by atomic mass is 16.5. The summed E-state index contributed by atoms with van der Waals surface area (Å²) in [4.78, 5) is 21.8. The SMILES string of the molecule is CCCCC(CC)COc1ccccc1NC(=O)C(=O)O. The first-order valence-electron chi connectivity index (χ1n) is 7.34. The standard InChI is InChI=1S/C16H23NO4/c1-3-5-8-12(4-2)11-21-14-10-7-6-9-13(14)17-15(18)16(19)20/h6-7,9-10,12H,3-5,8,11H2,1-2H3,(H,17,18)(H,19,20). The molecule has 5 heteroatoms. The molecule has 0 aliphatic rings. The number of para-hydroxylation sites is 2. The zero-order valence-electron chi connectivity index (χ0n) is 12.6. The van der Waals surface area contributed by atoms with Gasteiger partial charge in [-0.2, -0.15) is 0 Å². The van der Waals surface area contributed by atoms with Crippen LogP contribution in [0.25, 0.3) is 0 Å². The smallest absolute Gasteiger partial charge is 0.394 e. The zero-order valence-corrected chi connectivity index (χ0v) is 12.6. The van der Waals surface area contributed by atoms with Crippen molar-refractivity contribution in [3.05, 3.63) is 24.3 Å². The number of nitrogens with one attached hydrogen (secondary N) is 1. The molecule has 5 nitrogen and oxygen atoms in total. The summed E-state index contributed by atoms with van der Waals surface area (Å²) < 4.78 is 5.76. The van der Waals surface area contributed by atoms with Crippen LogP contribution in [0.5, 0.6) is 5.75 Å². The maximum Gasteiger partial charge on any atom is 0.394 e. The van der Waals surface area contributed by atoms with Crippen molar-refractivity contribution in [2.45, 2.75) is 39.5 Å². The molecule has 0 radical (unpaired) electrons. The van der Waals surface area contributed by atoms with Crippen LogP contribution < -0.4 is 10.1 Å².